The van der Waals surface area contributed by atoms with Crippen molar-refractivity contribution in [3.63, 3.8) is 0 Å². The largest absolute Gasteiger partial charge is 0.491 e. The van der Waals surface area contributed by atoms with Gasteiger partial charge in [-0.05, 0) is 32.4 Å². The van der Waals surface area contributed by atoms with Gasteiger partial charge in [-0.1, -0.05) is 13.0 Å². The second kappa shape index (κ2) is 4.65. The number of rotatable bonds is 4. The molecule has 0 fully saturated rings. The number of nitrogens with two attached hydrogens (primary N) is 1. The van der Waals surface area contributed by atoms with Gasteiger partial charge in [-0.2, -0.15) is 0 Å². The quantitative estimate of drug-likeness (QED) is 0.883. The maximum absolute atomic E-state index is 5.95. The highest BCUT2D eigenvalue weighted by Gasteiger charge is 2.13. The number of nitrogen functional groups attached to an aromatic ring is 1. The molecule has 0 unspecified atom stereocenters. The van der Waals surface area contributed by atoms with Crippen LogP contribution in [0.5, 0.6) is 5.75 Å². The zero-order valence-electron chi connectivity index (χ0n) is 10.6. The summed E-state index contributed by atoms with van der Waals surface area (Å²) in [5.41, 5.74) is 7.84. The Morgan fingerprint density at radius 3 is 2.82 bits per heavy atom. The molecule has 0 aliphatic heterocycles. The molecule has 2 N–H and O–H groups in total. The number of para-hydroxylation sites is 1. The van der Waals surface area contributed by atoms with Crippen molar-refractivity contribution in [1.82, 2.24) is 9.55 Å². The predicted octanol–water partition coefficient (Wildman–Crippen LogP) is 2.99. The van der Waals surface area contributed by atoms with Crippen molar-refractivity contribution >= 4 is 17.0 Å². The fourth-order valence-corrected chi connectivity index (χ4v) is 1.98. The maximum Gasteiger partial charge on any atom is 0.201 e. The molecule has 2 rings (SSSR count). The van der Waals surface area contributed by atoms with E-state index in [4.69, 9.17) is 10.5 Å². The first-order chi connectivity index (χ1) is 8.15. The summed E-state index contributed by atoms with van der Waals surface area (Å²) in [5.74, 6) is 1.36. The third-order valence-electron chi connectivity index (χ3n) is 2.69. The molecule has 1 aromatic heterocycles. The van der Waals surface area contributed by atoms with Crippen LogP contribution in [0.25, 0.3) is 11.0 Å². The van der Waals surface area contributed by atoms with E-state index in [1.54, 1.807) is 0 Å². The minimum atomic E-state index is 0.293. The Hall–Kier alpha value is -1.71. The smallest absolute Gasteiger partial charge is 0.201 e. The van der Waals surface area contributed by atoms with Crippen molar-refractivity contribution in [2.45, 2.75) is 33.2 Å². The van der Waals surface area contributed by atoms with Crippen molar-refractivity contribution in [2.75, 3.05) is 12.3 Å². The number of benzene rings is 1. The van der Waals surface area contributed by atoms with Crippen molar-refractivity contribution in [1.29, 1.82) is 0 Å². The van der Waals surface area contributed by atoms with Gasteiger partial charge in [0.25, 0.3) is 0 Å². The first kappa shape index (κ1) is 11.8. The number of ether oxygens (including phenoxy) is 1. The topological polar surface area (TPSA) is 53.1 Å². The number of anilines is 1. The Kier molecular flexibility index (Phi) is 3.22. The predicted molar refractivity (Wildman–Crippen MR) is 70.3 cm³/mol. The van der Waals surface area contributed by atoms with E-state index < -0.39 is 0 Å². The van der Waals surface area contributed by atoms with E-state index in [1.807, 2.05) is 22.8 Å². The number of imidazole rings is 1. The zero-order valence-corrected chi connectivity index (χ0v) is 10.6. The van der Waals surface area contributed by atoms with Gasteiger partial charge in [-0.3, -0.25) is 0 Å². The van der Waals surface area contributed by atoms with Crippen molar-refractivity contribution in [3.05, 3.63) is 18.2 Å². The molecule has 0 atom stereocenters. The number of hydrogen-bond donors (Lipinski definition) is 1. The van der Waals surface area contributed by atoms with Crippen LogP contribution in [0.3, 0.4) is 0 Å². The van der Waals surface area contributed by atoms with Crippen molar-refractivity contribution in [3.8, 4) is 5.75 Å². The van der Waals surface area contributed by atoms with Gasteiger partial charge in [-0.15, -0.1) is 0 Å². The molecule has 0 bridgehead atoms. The van der Waals surface area contributed by atoms with Gasteiger partial charge in [0.05, 0.1) is 12.1 Å². The average Bonchev–Trinajstić information content (AvgIpc) is 2.62. The van der Waals surface area contributed by atoms with Crippen molar-refractivity contribution < 1.29 is 4.74 Å². The molecule has 0 amide bonds. The zero-order chi connectivity index (χ0) is 12.4. The first-order valence-corrected chi connectivity index (χ1v) is 6.04. The normalized spacial score (nSPS) is 11.3. The van der Waals surface area contributed by atoms with Gasteiger partial charge >= 0.3 is 0 Å². The standard InChI is InChI=1S/C13H19N3O/c1-4-8-17-11-7-5-6-10-12(11)15-13(14)16(10)9(2)3/h5-7,9H,4,8H2,1-3H3,(H2,14,15). The molecule has 0 aliphatic carbocycles. The van der Waals surface area contributed by atoms with Gasteiger partial charge < -0.3 is 15.0 Å². The van der Waals surface area contributed by atoms with E-state index in [0.29, 0.717) is 18.6 Å². The monoisotopic (exact) mass is 233 g/mol. The maximum atomic E-state index is 5.95. The van der Waals surface area contributed by atoms with Gasteiger partial charge in [0.1, 0.15) is 11.3 Å². The van der Waals surface area contributed by atoms with Crippen molar-refractivity contribution in [2.24, 2.45) is 0 Å². The number of nitrogens with zero attached hydrogens (tertiary/aromatic N) is 2. The molecule has 4 nitrogen and oxygen atoms in total. The van der Waals surface area contributed by atoms with Gasteiger partial charge in [0.15, 0.2) is 0 Å². The van der Waals surface area contributed by atoms with E-state index in [1.165, 1.54) is 0 Å². The van der Waals surface area contributed by atoms with E-state index in [-0.39, 0.29) is 0 Å². The molecule has 0 saturated carbocycles. The lowest BCUT2D eigenvalue weighted by Crippen LogP contribution is -2.05. The van der Waals surface area contributed by atoms with Crippen LogP contribution in [0, 0.1) is 0 Å². The molecule has 2 aromatic rings. The summed E-state index contributed by atoms with van der Waals surface area (Å²) in [6, 6.07) is 6.24. The van der Waals surface area contributed by atoms with Crippen LogP contribution in [0.15, 0.2) is 18.2 Å². The summed E-state index contributed by atoms with van der Waals surface area (Å²) < 4.78 is 7.71. The molecule has 0 saturated heterocycles. The second-order valence-electron chi connectivity index (χ2n) is 4.41. The lowest BCUT2D eigenvalue weighted by atomic mass is 10.2. The lowest BCUT2D eigenvalue weighted by molar-refractivity contribution is 0.320. The Labute approximate surface area is 101 Å². The Morgan fingerprint density at radius 2 is 2.18 bits per heavy atom. The Morgan fingerprint density at radius 1 is 1.41 bits per heavy atom. The second-order valence-corrected chi connectivity index (χ2v) is 4.41. The van der Waals surface area contributed by atoms with E-state index >= 15 is 0 Å². The minimum absolute atomic E-state index is 0.293. The Balaban J connectivity index is 2.54. The van der Waals surface area contributed by atoms with Gasteiger partial charge in [-0.25, -0.2) is 4.98 Å². The van der Waals surface area contributed by atoms with Gasteiger partial charge in [0, 0.05) is 6.04 Å². The van der Waals surface area contributed by atoms with Crippen LogP contribution in [0.4, 0.5) is 5.95 Å². The van der Waals surface area contributed by atoms with Crippen LogP contribution in [0.2, 0.25) is 0 Å². The SMILES string of the molecule is CCCOc1cccc2c1nc(N)n2C(C)C. The van der Waals surface area contributed by atoms with Crippen LogP contribution in [-0.2, 0) is 0 Å². The summed E-state index contributed by atoms with van der Waals surface area (Å²) in [4.78, 5) is 4.40. The summed E-state index contributed by atoms with van der Waals surface area (Å²) in [7, 11) is 0. The third kappa shape index (κ3) is 2.07. The van der Waals surface area contributed by atoms with Crippen LogP contribution in [0.1, 0.15) is 33.2 Å². The molecule has 0 aliphatic rings. The molecular weight excluding hydrogens is 214 g/mol. The summed E-state index contributed by atoms with van der Waals surface area (Å²) in [6.45, 7) is 6.98. The average molecular weight is 233 g/mol. The van der Waals surface area contributed by atoms with E-state index in [2.05, 4.69) is 25.8 Å². The molecule has 0 spiro atoms. The Bertz CT molecular complexity index is 517. The molecule has 1 heterocycles. The fourth-order valence-electron chi connectivity index (χ4n) is 1.98. The third-order valence-corrected chi connectivity index (χ3v) is 2.69. The summed E-state index contributed by atoms with van der Waals surface area (Å²) in [6.07, 6.45) is 0.983. The van der Waals surface area contributed by atoms with E-state index in [9.17, 15) is 0 Å². The molecule has 0 radical (unpaired) electrons. The number of hydrogen-bond acceptors (Lipinski definition) is 3. The van der Waals surface area contributed by atoms with E-state index in [0.717, 1.165) is 23.2 Å². The highest BCUT2D eigenvalue weighted by atomic mass is 16.5. The highest BCUT2D eigenvalue weighted by molar-refractivity contribution is 5.84. The summed E-state index contributed by atoms with van der Waals surface area (Å²) in [5, 5.41) is 0. The molecule has 17 heavy (non-hydrogen) atoms. The molecule has 1 aromatic carbocycles. The minimum Gasteiger partial charge on any atom is -0.491 e. The first-order valence-electron chi connectivity index (χ1n) is 6.04. The number of aromatic nitrogens is 2. The number of fused-ring (bicyclic) bond motifs is 1. The van der Waals surface area contributed by atoms with Crippen LogP contribution >= 0.6 is 0 Å². The highest BCUT2D eigenvalue weighted by Crippen LogP contribution is 2.29. The van der Waals surface area contributed by atoms with Crippen LogP contribution < -0.4 is 10.5 Å². The van der Waals surface area contributed by atoms with Crippen LogP contribution in [-0.4, -0.2) is 16.2 Å². The molecular formula is C13H19N3O. The lowest BCUT2D eigenvalue weighted by Gasteiger charge is -2.10. The molecule has 4 heteroatoms. The fraction of sp³-hybridized carbons (Fsp3) is 0.462. The van der Waals surface area contributed by atoms with Gasteiger partial charge in [0.2, 0.25) is 5.95 Å². The molecule has 92 valence electrons. The summed E-state index contributed by atoms with van der Waals surface area (Å²) >= 11 is 0.